The molecule has 0 aliphatic carbocycles. The minimum atomic E-state index is 0. The van der Waals surface area contributed by atoms with Crippen LogP contribution in [0.4, 0.5) is 0 Å². The largest absolute Gasteiger partial charge is 0.492 e. The normalized spacial score (nSPS) is 14.8. The Morgan fingerprint density at radius 1 is 1.22 bits per heavy atom. The summed E-state index contributed by atoms with van der Waals surface area (Å²) < 4.78 is 16.9. The van der Waals surface area contributed by atoms with E-state index in [0.29, 0.717) is 25.6 Å². The number of ether oxygens (including phenoxy) is 2. The van der Waals surface area contributed by atoms with Crippen LogP contribution in [0.5, 0.6) is 5.75 Å². The first-order chi connectivity index (χ1) is 15.2. The number of aromatic nitrogens is 1. The maximum absolute atomic E-state index is 6.07. The van der Waals surface area contributed by atoms with Crippen LogP contribution in [0.2, 0.25) is 0 Å². The summed E-state index contributed by atoms with van der Waals surface area (Å²) in [6.45, 7) is 13.2. The Hall–Kier alpha value is -1.85. The Kier molecular flexibility index (Phi) is 11.8. The van der Waals surface area contributed by atoms with Crippen LogP contribution < -0.4 is 15.4 Å². The molecule has 1 aromatic heterocycles. The average Bonchev–Trinajstić information content (AvgIpc) is 3.27. The molecule has 0 spiro atoms. The molecular weight excluding hydrogens is 521 g/mol. The van der Waals surface area contributed by atoms with Crippen LogP contribution in [-0.4, -0.2) is 62.0 Å². The van der Waals surface area contributed by atoms with Gasteiger partial charge in [-0.25, -0.2) is 4.99 Å². The molecule has 3 rings (SSSR count). The molecule has 1 aliphatic heterocycles. The van der Waals surface area contributed by atoms with Crippen LogP contribution >= 0.6 is 24.0 Å². The van der Waals surface area contributed by atoms with Gasteiger partial charge >= 0.3 is 0 Å². The predicted octanol–water partition coefficient (Wildman–Crippen LogP) is 3.38. The number of halogens is 1. The van der Waals surface area contributed by atoms with E-state index < -0.39 is 0 Å². The molecule has 1 fully saturated rings. The molecule has 0 bridgehead atoms. The Balaban J connectivity index is 0.00000363. The average molecular weight is 557 g/mol. The Morgan fingerprint density at radius 3 is 2.72 bits per heavy atom. The molecule has 1 aromatic carbocycles. The number of guanidine groups is 1. The highest BCUT2D eigenvalue weighted by Gasteiger charge is 2.11. The van der Waals surface area contributed by atoms with Gasteiger partial charge in [0.15, 0.2) is 11.7 Å². The fourth-order valence-electron chi connectivity index (χ4n) is 3.25. The molecule has 9 heteroatoms. The van der Waals surface area contributed by atoms with Crippen molar-refractivity contribution in [2.24, 2.45) is 4.99 Å². The Labute approximate surface area is 208 Å². The minimum absolute atomic E-state index is 0. The Bertz CT molecular complexity index is 821. The monoisotopic (exact) mass is 557 g/mol. The number of hydrogen-bond donors (Lipinski definition) is 2. The first-order valence-corrected chi connectivity index (χ1v) is 11.1. The van der Waals surface area contributed by atoms with Crippen LogP contribution in [0, 0.1) is 0 Å². The summed E-state index contributed by atoms with van der Waals surface area (Å²) in [5.74, 6) is 2.75. The van der Waals surface area contributed by atoms with E-state index >= 15 is 0 Å². The van der Waals surface area contributed by atoms with Gasteiger partial charge in [0.25, 0.3) is 0 Å². The second-order valence-corrected chi connectivity index (χ2v) is 7.83. The van der Waals surface area contributed by atoms with E-state index in [0.717, 1.165) is 68.1 Å². The molecule has 0 unspecified atom stereocenters. The molecule has 2 aromatic rings. The third-order valence-electron chi connectivity index (χ3n) is 5.09. The first kappa shape index (κ1) is 26.4. The van der Waals surface area contributed by atoms with Crippen LogP contribution in [0.25, 0.3) is 0 Å². The molecule has 0 radical (unpaired) electrons. The van der Waals surface area contributed by atoms with E-state index in [9.17, 15) is 0 Å². The van der Waals surface area contributed by atoms with Crippen LogP contribution in [0.1, 0.15) is 43.7 Å². The SMILES string of the molecule is CCNC(=NCc1ccccc1OCCN1CCOCC1)NCc1cc(C(C)C)no1.I. The second-order valence-electron chi connectivity index (χ2n) is 7.83. The summed E-state index contributed by atoms with van der Waals surface area (Å²) in [7, 11) is 0. The maximum Gasteiger partial charge on any atom is 0.191 e. The van der Waals surface area contributed by atoms with Gasteiger partial charge in [0, 0.05) is 37.8 Å². The van der Waals surface area contributed by atoms with Crippen LogP contribution in [0.15, 0.2) is 39.8 Å². The zero-order valence-corrected chi connectivity index (χ0v) is 21.6. The van der Waals surface area contributed by atoms with E-state index in [4.69, 9.17) is 19.0 Å². The first-order valence-electron chi connectivity index (χ1n) is 11.1. The molecule has 178 valence electrons. The lowest BCUT2D eigenvalue weighted by Crippen LogP contribution is -2.38. The summed E-state index contributed by atoms with van der Waals surface area (Å²) in [5.41, 5.74) is 2.02. The van der Waals surface area contributed by atoms with Crippen LogP contribution in [0.3, 0.4) is 0 Å². The number of rotatable bonds is 10. The molecular formula is C23H36IN5O3. The number of nitrogens with one attached hydrogen (secondary N) is 2. The molecule has 1 aliphatic rings. The van der Waals surface area contributed by atoms with Crippen molar-refractivity contribution in [3.63, 3.8) is 0 Å². The smallest absolute Gasteiger partial charge is 0.191 e. The van der Waals surface area contributed by atoms with Crippen molar-refractivity contribution in [3.05, 3.63) is 47.3 Å². The fraction of sp³-hybridized carbons (Fsp3) is 0.565. The van der Waals surface area contributed by atoms with E-state index in [1.165, 1.54) is 0 Å². The van der Waals surface area contributed by atoms with Crippen molar-refractivity contribution in [2.75, 3.05) is 46.0 Å². The highest BCUT2D eigenvalue weighted by atomic mass is 127. The van der Waals surface area contributed by atoms with Crippen molar-refractivity contribution >= 4 is 29.9 Å². The molecule has 0 amide bonds. The quantitative estimate of drug-likeness (QED) is 0.263. The summed E-state index contributed by atoms with van der Waals surface area (Å²) in [6.07, 6.45) is 0. The van der Waals surface area contributed by atoms with Crippen molar-refractivity contribution in [2.45, 2.75) is 39.8 Å². The summed E-state index contributed by atoms with van der Waals surface area (Å²) >= 11 is 0. The van der Waals surface area contributed by atoms with Gasteiger partial charge in [0.2, 0.25) is 0 Å². The number of hydrogen-bond acceptors (Lipinski definition) is 6. The number of morpholine rings is 1. The topological polar surface area (TPSA) is 84.2 Å². The van der Waals surface area contributed by atoms with Crippen LogP contribution in [-0.2, 0) is 17.8 Å². The van der Waals surface area contributed by atoms with Gasteiger partial charge in [-0.15, -0.1) is 24.0 Å². The number of nitrogens with zero attached hydrogens (tertiary/aromatic N) is 3. The van der Waals surface area contributed by atoms with Gasteiger partial charge in [-0.05, 0) is 18.9 Å². The molecule has 2 heterocycles. The fourth-order valence-corrected chi connectivity index (χ4v) is 3.25. The zero-order chi connectivity index (χ0) is 21.9. The molecule has 2 N–H and O–H groups in total. The van der Waals surface area contributed by atoms with Gasteiger partial charge in [0.05, 0.1) is 32.0 Å². The van der Waals surface area contributed by atoms with E-state index in [1.807, 2.05) is 31.2 Å². The number of para-hydroxylation sites is 1. The summed E-state index contributed by atoms with van der Waals surface area (Å²) in [6, 6.07) is 10.1. The highest BCUT2D eigenvalue weighted by Crippen LogP contribution is 2.19. The lowest BCUT2D eigenvalue weighted by molar-refractivity contribution is 0.0322. The lowest BCUT2D eigenvalue weighted by Gasteiger charge is -2.26. The van der Waals surface area contributed by atoms with E-state index in [2.05, 4.69) is 40.6 Å². The number of benzene rings is 1. The predicted molar refractivity (Wildman–Crippen MR) is 137 cm³/mol. The molecule has 8 nitrogen and oxygen atoms in total. The van der Waals surface area contributed by atoms with Gasteiger partial charge in [-0.3, -0.25) is 4.90 Å². The zero-order valence-electron chi connectivity index (χ0n) is 19.3. The third-order valence-corrected chi connectivity index (χ3v) is 5.09. The maximum atomic E-state index is 6.07. The van der Waals surface area contributed by atoms with E-state index in [-0.39, 0.29) is 24.0 Å². The van der Waals surface area contributed by atoms with Gasteiger partial charge in [0.1, 0.15) is 12.4 Å². The lowest BCUT2D eigenvalue weighted by atomic mass is 10.1. The van der Waals surface area contributed by atoms with E-state index in [1.54, 1.807) is 0 Å². The summed E-state index contributed by atoms with van der Waals surface area (Å²) in [4.78, 5) is 7.09. The third kappa shape index (κ3) is 8.59. The van der Waals surface area contributed by atoms with Crippen molar-refractivity contribution < 1.29 is 14.0 Å². The van der Waals surface area contributed by atoms with Crippen molar-refractivity contribution in [3.8, 4) is 5.75 Å². The standard InChI is InChI=1S/C23H35N5O3.HI/c1-4-24-23(26-17-20-15-21(18(2)3)27-31-20)25-16-19-7-5-6-8-22(19)30-14-11-28-9-12-29-13-10-28;/h5-8,15,18H,4,9-14,16-17H2,1-3H3,(H2,24,25,26);1H. The number of aliphatic imine (C=N–C) groups is 1. The molecule has 32 heavy (non-hydrogen) atoms. The van der Waals surface area contributed by atoms with Gasteiger partial charge < -0.3 is 24.6 Å². The molecule has 0 saturated carbocycles. The molecule has 0 atom stereocenters. The van der Waals surface area contributed by atoms with Gasteiger partial charge in [-0.1, -0.05) is 37.2 Å². The summed E-state index contributed by atoms with van der Waals surface area (Å²) in [5, 5.41) is 10.7. The van der Waals surface area contributed by atoms with Gasteiger partial charge in [-0.2, -0.15) is 0 Å². The molecule has 1 saturated heterocycles. The van der Waals surface area contributed by atoms with Crippen molar-refractivity contribution in [1.29, 1.82) is 0 Å². The Morgan fingerprint density at radius 2 is 2.00 bits per heavy atom. The minimum Gasteiger partial charge on any atom is -0.492 e. The van der Waals surface area contributed by atoms with Crippen molar-refractivity contribution in [1.82, 2.24) is 20.7 Å². The second kappa shape index (κ2) is 14.3. The highest BCUT2D eigenvalue weighted by molar-refractivity contribution is 14.0.